The first-order chi connectivity index (χ1) is 12.0. The van der Waals surface area contributed by atoms with Crippen molar-refractivity contribution in [3.05, 3.63) is 70.7 Å². The topological polar surface area (TPSA) is 51.3 Å². The Hall–Kier alpha value is -2.82. The Morgan fingerprint density at radius 2 is 1.88 bits per heavy atom. The lowest BCUT2D eigenvalue weighted by Gasteiger charge is -2.21. The average molecular weight is 337 g/mol. The van der Waals surface area contributed by atoms with E-state index in [-0.39, 0.29) is 5.91 Å². The first-order valence-electron chi connectivity index (χ1n) is 8.47. The molecule has 3 rings (SSSR count). The van der Waals surface area contributed by atoms with Crippen LogP contribution in [0.5, 0.6) is 0 Å². The molecule has 0 fully saturated rings. The monoisotopic (exact) mass is 337 g/mol. The van der Waals surface area contributed by atoms with Crippen LogP contribution in [0.15, 0.2) is 47.0 Å². The molecule has 0 radical (unpaired) electrons. The van der Waals surface area contributed by atoms with Gasteiger partial charge in [0.25, 0.3) is 5.91 Å². The van der Waals surface area contributed by atoms with Gasteiger partial charge in [0.15, 0.2) is 5.82 Å². The van der Waals surface area contributed by atoms with E-state index >= 15 is 0 Å². The van der Waals surface area contributed by atoms with Gasteiger partial charge in [-0.1, -0.05) is 35.5 Å². The van der Waals surface area contributed by atoms with E-state index in [0.717, 1.165) is 22.7 Å². The summed E-state index contributed by atoms with van der Waals surface area (Å²) in [6.45, 7) is 9.03. The Morgan fingerprint density at radius 3 is 2.48 bits per heavy atom. The van der Waals surface area contributed by atoms with Crippen LogP contribution < -0.4 is 0 Å². The molecule has 0 aliphatic heterocycles. The first-order valence-corrected chi connectivity index (χ1v) is 8.47. The summed E-state index contributed by atoms with van der Waals surface area (Å²) in [5, 5.41) is 4.08. The van der Waals surface area contributed by atoms with Crippen LogP contribution in [0.25, 0.3) is 5.82 Å². The quantitative estimate of drug-likeness (QED) is 0.706. The molecular weight excluding hydrogens is 314 g/mol. The number of carbonyl (C=O) groups is 1. The molecule has 0 saturated heterocycles. The highest BCUT2D eigenvalue weighted by atomic mass is 16.5. The van der Waals surface area contributed by atoms with Crippen molar-refractivity contribution in [3.63, 3.8) is 0 Å². The van der Waals surface area contributed by atoms with E-state index in [1.807, 2.05) is 79.6 Å². The smallest absolute Gasteiger partial charge is 0.255 e. The van der Waals surface area contributed by atoms with Crippen molar-refractivity contribution in [2.24, 2.45) is 0 Å². The zero-order valence-corrected chi connectivity index (χ0v) is 15.1. The molecule has 0 atom stereocenters. The van der Waals surface area contributed by atoms with Gasteiger partial charge in [0.1, 0.15) is 5.76 Å². The molecule has 0 spiro atoms. The van der Waals surface area contributed by atoms with Gasteiger partial charge < -0.3 is 9.42 Å². The Balaban J connectivity index is 1.91. The highest BCUT2D eigenvalue weighted by Gasteiger charge is 2.22. The summed E-state index contributed by atoms with van der Waals surface area (Å²) in [4.78, 5) is 14.9. The summed E-state index contributed by atoms with van der Waals surface area (Å²) in [5.74, 6) is 1.48. The van der Waals surface area contributed by atoms with Crippen molar-refractivity contribution in [2.45, 2.75) is 34.2 Å². The highest BCUT2D eigenvalue weighted by Crippen LogP contribution is 2.22. The Morgan fingerprint density at radius 1 is 1.16 bits per heavy atom. The molecule has 0 unspecified atom stereocenters. The van der Waals surface area contributed by atoms with E-state index in [9.17, 15) is 4.79 Å². The predicted molar refractivity (Wildman–Crippen MR) is 96.9 cm³/mol. The van der Waals surface area contributed by atoms with Crippen molar-refractivity contribution < 1.29 is 9.32 Å². The summed E-state index contributed by atoms with van der Waals surface area (Å²) in [5.41, 5.74) is 3.67. The number of aryl methyl sites for hydroxylation is 2. The molecule has 5 heteroatoms. The van der Waals surface area contributed by atoms with Crippen LogP contribution in [-0.4, -0.2) is 27.1 Å². The van der Waals surface area contributed by atoms with Gasteiger partial charge in [-0.05, 0) is 39.3 Å². The van der Waals surface area contributed by atoms with Crippen LogP contribution in [0.1, 0.15) is 40.0 Å². The number of rotatable bonds is 5. The van der Waals surface area contributed by atoms with Gasteiger partial charge in [-0.2, -0.15) is 0 Å². The van der Waals surface area contributed by atoms with Crippen molar-refractivity contribution in [3.8, 4) is 5.82 Å². The molecular formula is C20H23N3O2. The largest absolute Gasteiger partial charge is 0.360 e. The van der Waals surface area contributed by atoms with Crippen LogP contribution in [-0.2, 0) is 6.54 Å². The molecule has 1 aromatic carbocycles. The Bertz CT molecular complexity index is 878. The summed E-state index contributed by atoms with van der Waals surface area (Å²) >= 11 is 0. The van der Waals surface area contributed by atoms with Gasteiger partial charge in [0, 0.05) is 30.5 Å². The lowest BCUT2D eigenvalue weighted by Crippen LogP contribution is -2.30. The third-order valence-corrected chi connectivity index (χ3v) is 4.39. The Labute approximate surface area is 147 Å². The van der Waals surface area contributed by atoms with E-state index in [1.165, 1.54) is 0 Å². The van der Waals surface area contributed by atoms with Gasteiger partial charge in [0.05, 0.1) is 5.56 Å². The van der Waals surface area contributed by atoms with Crippen molar-refractivity contribution in [1.29, 1.82) is 0 Å². The van der Waals surface area contributed by atoms with Gasteiger partial charge in [0.2, 0.25) is 0 Å². The maximum Gasteiger partial charge on any atom is 0.255 e. The summed E-state index contributed by atoms with van der Waals surface area (Å²) in [7, 11) is 0. The number of amides is 1. The first kappa shape index (κ1) is 17.0. The second-order valence-electron chi connectivity index (χ2n) is 6.22. The third-order valence-electron chi connectivity index (χ3n) is 4.39. The minimum absolute atomic E-state index is 0.0333. The molecule has 0 aliphatic carbocycles. The second-order valence-corrected chi connectivity index (χ2v) is 6.22. The number of carbonyl (C=O) groups excluding carboxylic acids is 1. The molecule has 1 amide bonds. The van der Waals surface area contributed by atoms with E-state index in [2.05, 4.69) is 5.16 Å². The molecule has 2 aromatic heterocycles. The maximum absolute atomic E-state index is 13.1. The van der Waals surface area contributed by atoms with Gasteiger partial charge in [-0.15, -0.1) is 0 Å². The number of aromatic nitrogens is 2. The molecule has 0 bridgehead atoms. The summed E-state index contributed by atoms with van der Waals surface area (Å²) < 4.78 is 7.14. The molecule has 0 N–H and O–H groups in total. The molecule has 5 nitrogen and oxygen atoms in total. The lowest BCUT2D eigenvalue weighted by atomic mass is 10.1. The standard InChI is InChI=1S/C20H23N3O2/c1-5-22(13-17-9-7-6-8-10-17)20(24)18-11-14(2)23(16(18)4)19-12-15(3)25-21-19/h6-12H,5,13H2,1-4H3. The maximum atomic E-state index is 13.1. The molecule has 3 aromatic rings. The Kier molecular flexibility index (Phi) is 4.74. The van der Waals surface area contributed by atoms with Gasteiger partial charge in [-0.25, -0.2) is 0 Å². The molecule has 130 valence electrons. The van der Waals surface area contributed by atoms with Gasteiger partial charge in [-0.3, -0.25) is 9.36 Å². The third kappa shape index (κ3) is 3.36. The summed E-state index contributed by atoms with van der Waals surface area (Å²) in [6.07, 6.45) is 0. The van der Waals surface area contributed by atoms with Crippen LogP contribution >= 0.6 is 0 Å². The number of nitrogens with zero attached hydrogens (tertiary/aromatic N) is 3. The zero-order valence-electron chi connectivity index (χ0n) is 15.1. The minimum atomic E-state index is 0.0333. The van der Waals surface area contributed by atoms with Crippen LogP contribution in [0.4, 0.5) is 0 Å². The fourth-order valence-corrected chi connectivity index (χ4v) is 3.09. The number of hydrogen-bond donors (Lipinski definition) is 0. The number of hydrogen-bond acceptors (Lipinski definition) is 3. The molecule has 0 saturated carbocycles. The zero-order chi connectivity index (χ0) is 18.0. The van der Waals surface area contributed by atoms with E-state index in [4.69, 9.17) is 4.52 Å². The molecule has 0 aliphatic rings. The van der Waals surface area contributed by atoms with Crippen molar-refractivity contribution in [2.75, 3.05) is 6.54 Å². The number of benzene rings is 1. The van der Waals surface area contributed by atoms with Crippen molar-refractivity contribution in [1.82, 2.24) is 14.6 Å². The molecule has 25 heavy (non-hydrogen) atoms. The van der Waals surface area contributed by atoms with E-state index in [1.54, 1.807) is 0 Å². The fourth-order valence-electron chi connectivity index (χ4n) is 3.09. The fraction of sp³-hybridized carbons (Fsp3) is 0.300. The normalized spacial score (nSPS) is 10.9. The van der Waals surface area contributed by atoms with Crippen LogP contribution in [0.2, 0.25) is 0 Å². The SMILES string of the molecule is CCN(Cc1ccccc1)C(=O)c1cc(C)n(-c2cc(C)on2)c1C. The average Bonchev–Trinajstić information content (AvgIpc) is 3.15. The van der Waals surface area contributed by atoms with Gasteiger partial charge >= 0.3 is 0 Å². The van der Waals surface area contributed by atoms with E-state index in [0.29, 0.717) is 24.5 Å². The van der Waals surface area contributed by atoms with Crippen LogP contribution in [0, 0.1) is 20.8 Å². The van der Waals surface area contributed by atoms with Crippen LogP contribution in [0.3, 0.4) is 0 Å². The minimum Gasteiger partial charge on any atom is -0.360 e. The highest BCUT2D eigenvalue weighted by molar-refractivity contribution is 5.95. The predicted octanol–water partition coefficient (Wildman–Crippen LogP) is 4.05. The van der Waals surface area contributed by atoms with Crippen molar-refractivity contribution >= 4 is 5.91 Å². The van der Waals surface area contributed by atoms with E-state index < -0.39 is 0 Å². The molecule has 2 heterocycles. The second kappa shape index (κ2) is 6.97. The lowest BCUT2D eigenvalue weighted by molar-refractivity contribution is 0.0752. The summed E-state index contributed by atoms with van der Waals surface area (Å²) in [6, 6.07) is 13.8.